The van der Waals surface area contributed by atoms with Gasteiger partial charge in [-0.25, -0.2) is 0 Å². The number of ether oxygens (including phenoxy) is 2. The van der Waals surface area contributed by atoms with Gasteiger partial charge in [-0.2, -0.15) is 0 Å². The van der Waals surface area contributed by atoms with Gasteiger partial charge in [0.1, 0.15) is 11.5 Å². The topological polar surface area (TPSA) is 46.6 Å². The van der Waals surface area contributed by atoms with Crippen molar-refractivity contribution in [1.82, 2.24) is 0 Å². The van der Waals surface area contributed by atoms with E-state index in [2.05, 4.69) is 4.98 Å². The van der Waals surface area contributed by atoms with Crippen LogP contribution in [-0.4, -0.2) is 21.5 Å². The van der Waals surface area contributed by atoms with Crippen molar-refractivity contribution in [3.05, 3.63) is 58.6 Å². The summed E-state index contributed by atoms with van der Waals surface area (Å²) in [5, 5.41) is 8.64. The van der Waals surface area contributed by atoms with Crippen LogP contribution >= 0.6 is 0 Å². The van der Waals surface area contributed by atoms with E-state index in [1.165, 1.54) is 0 Å². The fourth-order valence-corrected chi connectivity index (χ4v) is 1.81. The minimum Gasteiger partial charge on any atom is -0.497 e. The van der Waals surface area contributed by atoms with Gasteiger partial charge in [-0.15, -0.1) is 0 Å². The van der Waals surface area contributed by atoms with Crippen LogP contribution in [0, 0.1) is 5.39 Å². The van der Waals surface area contributed by atoms with Crippen LogP contribution in [0.1, 0.15) is 11.1 Å². The molecule has 0 amide bonds. The monoisotopic (exact) mass is 354 g/mol. The Labute approximate surface area is 142 Å². The summed E-state index contributed by atoms with van der Waals surface area (Å²) in [6.45, 7) is 0. The Balaban J connectivity index is 0.000000550. The smallest absolute Gasteiger partial charge is 0.497 e. The quantitative estimate of drug-likeness (QED) is 0.308. The van der Waals surface area contributed by atoms with Gasteiger partial charge in [0.15, 0.2) is 4.98 Å². The maximum atomic E-state index is 9.75. The summed E-state index contributed by atoms with van der Waals surface area (Å²) in [6, 6.07) is 12.9. The van der Waals surface area contributed by atoms with Crippen LogP contribution in [0.3, 0.4) is 0 Å². The standard InChI is InChI=1S/C16H15N2O2.BF4/c1-19-15-9-10-16(20-2)13(11-15)6-3-12-4-7-14(18-17)8-5-12;2-1(3,4)5/h3-11H,1-2H3;/q+1;-1/b6-3+;. The lowest BCUT2D eigenvalue weighted by molar-refractivity contribution is 0.368. The van der Waals surface area contributed by atoms with Crippen molar-refractivity contribution < 1.29 is 26.7 Å². The zero-order valence-corrected chi connectivity index (χ0v) is 13.5. The second-order valence-electron chi connectivity index (χ2n) is 4.63. The minimum absolute atomic E-state index is 0.529. The summed E-state index contributed by atoms with van der Waals surface area (Å²) < 4.78 is 49.5. The number of rotatable bonds is 4. The lowest BCUT2D eigenvalue weighted by Crippen LogP contribution is -2.02. The Morgan fingerprint density at radius 3 is 2.00 bits per heavy atom. The molecule has 0 unspecified atom stereocenters. The Hall–Kier alpha value is -3.02. The SMILES string of the molecule is COc1ccc(OC)c(/C=C/c2ccc([N+]#N)cc2)c1.F[B-](F)(F)F. The third-order valence-electron chi connectivity index (χ3n) is 2.90. The minimum atomic E-state index is -6.00. The van der Waals surface area contributed by atoms with Crippen LogP contribution in [0.4, 0.5) is 23.0 Å². The van der Waals surface area contributed by atoms with Crippen molar-refractivity contribution in [2.75, 3.05) is 14.2 Å². The first-order chi connectivity index (χ1) is 11.8. The molecule has 0 radical (unpaired) electrons. The lowest BCUT2D eigenvalue weighted by Gasteiger charge is -2.07. The molecule has 0 aliphatic rings. The molecule has 0 saturated heterocycles. The van der Waals surface area contributed by atoms with E-state index in [0.29, 0.717) is 5.69 Å². The van der Waals surface area contributed by atoms with E-state index >= 15 is 0 Å². The van der Waals surface area contributed by atoms with Gasteiger partial charge in [0.25, 0.3) is 0 Å². The average molecular weight is 354 g/mol. The van der Waals surface area contributed by atoms with Crippen molar-refractivity contribution in [1.29, 1.82) is 5.39 Å². The van der Waals surface area contributed by atoms with Gasteiger partial charge in [0, 0.05) is 17.7 Å². The van der Waals surface area contributed by atoms with Gasteiger partial charge in [-0.3, -0.25) is 0 Å². The van der Waals surface area contributed by atoms with Gasteiger partial charge in [-0.05, 0) is 35.9 Å². The molecule has 0 aromatic heterocycles. The van der Waals surface area contributed by atoms with E-state index in [1.807, 2.05) is 42.5 Å². The predicted molar refractivity (Wildman–Crippen MR) is 89.8 cm³/mol. The summed E-state index contributed by atoms with van der Waals surface area (Å²) >= 11 is 0. The number of benzene rings is 2. The normalized spacial score (nSPS) is 10.6. The molecular formula is C16H15BF4N2O2. The molecule has 25 heavy (non-hydrogen) atoms. The summed E-state index contributed by atoms with van der Waals surface area (Å²) in [4.78, 5) is 3.12. The fourth-order valence-electron chi connectivity index (χ4n) is 1.81. The Kier molecular flexibility index (Phi) is 7.47. The molecule has 132 valence electrons. The summed E-state index contributed by atoms with van der Waals surface area (Å²) in [6.07, 6.45) is 3.91. The largest absolute Gasteiger partial charge is 0.673 e. The predicted octanol–water partition coefficient (Wildman–Crippen LogP) is 5.66. The second-order valence-corrected chi connectivity index (χ2v) is 4.63. The molecule has 2 rings (SSSR count). The number of halogens is 4. The van der Waals surface area contributed by atoms with Gasteiger partial charge < -0.3 is 26.7 Å². The number of hydrogen-bond acceptors (Lipinski definition) is 3. The van der Waals surface area contributed by atoms with Crippen LogP contribution in [0.5, 0.6) is 11.5 Å². The van der Waals surface area contributed by atoms with E-state index < -0.39 is 7.25 Å². The highest BCUT2D eigenvalue weighted by Gasteiger charge is 2.20. The molecule has 0 fully saturated rings. The van der Waals surface area contributed by atoms with Gasteiger partial charge in [-0.1, -0.05) is 12.2 Å². The Morgan fingerprint density at radius 1 is 0.920 bits per heavy atom. The van der Waals surface area contributed by atoms with Crippen LogP contribution in [0.25, 0.3) is 17.1 Å². The van der Waals surface area contributed by atoms with E-state index in [0.717, 1.165) is 22.6 Å². The third kappa shape index (κ3) is 7.88. The first kappa shape index (κ1) is 20.0. The van der Waals surface area contributed by atoms with Crippen molar-refractivity contribution >= 4 is 25.1 Å². The van der Waals surface area contributed by atoms with Crippen molar-refractivity contribution in [3.8, 4) is 11.5 Å². The van der Waals surface area contributed by atoms with Crippen LogP contribution < -0.4 is 9.47 Å². The maximum Gasteiger partial charge on any atom is 0.673 e. The van der Waals surface area contributed by atoms with E-state index in [4.69, 9.17) is 14.9 Å². The molecule has 0 bridgehead atoms. The molecule has 2 aromatic carbocycles. The molecule has 2 aromatic rings. The zero-order valence-electron chi connectivity index (χ0n) is 13.5. The third-order valence-corrected chi connectivity index (χ3v) is 2.90. The van der Waals surface area contributed by atoms with Gasteiger partial charge in [0.2, 0.25) is 5.39 Å². The molecule has 9 heteroatoms. The number of hydrogen-bond donors (Lipinski definition) is 0. The van der Waals surface area contributed by atoms with E-state index in [1.54, 1.807) is 26.4 Å². The van der Waals surface area contributed by atoms with E-state index in [-0.39, 0.29) is 0 Å². The summed E-state index contributed by atoms with van der Waals surface area (Å²) in [5.41, 5.74) is 2.46. The Morgan fingerprint density at radius 2 is 1.52 bits per heavy atom. The highest BCUT2D eigenvalue weighted by Crippen LogP contribution is 2.26. The van der Waals surface area contributed by atoms with Crippen LogP contribution in [0.15, 0.2) is 42.5 Å². The molecule has 0 spiro atoms. The van der Waals surface area contributed by atoms with Gasteiger partial charge in [0.05, 0.1) is 14.2 Å². The second kappa shape index (κ2) is 9.32. The van der Waals surface area contributed by atoms with Crippen molar-refractivity contribution in [2.45, 2.75) is 0 Å². The summed E-state index contributed by atoms with van der Waals surface area (Å²) in [5.74, 6) is 1.56. The fraction of sp³-hybridized carbons (Fsp3) is 0.125. The van der Waals surface area contributed by atoms with Gasteiger partial charge >= 0.3 is 12.9 Å². The highest BCUT2D eigenvalue weighted by molar-refractivity contribution is 6.50. The first-order valence-electron chi connectivity index (χ1n) is 6.99. The molecule has 0 aliphatic carbocycles. The average Bonchev–Trinajstić information content (AvgIpc) is 2.58. The van der Waals surface area contributed by atoms with Crippen molar-refractivity contribution in [2.24, 2.45) is 0 Å². The van der Waals surface area contributed by atoms with Crippen LogP contribution in [0.2, 0.25) is 0 Å². The lowest BCUT2D eigenvalue weighted by atomic mass is 10.1. The number of diazo groups is 1. The molecule has 0 atom stereocenters. The molecule has 0 saturated carbocycles. The molecule has 0 N–H and O–H groups in total. The molecule has 0 aliphatic heterocycles. The Bertz CT molecular complexity index is 750. The number of methoxy groups -OCH3 is 2. The molecule has 4 nitrogen and oxygen atoms in total. The van der Waals surface area contributed by atoms with E-state index in [9.17, 15) is 17.3 Å². The number of nitrogens with zero attached hydrogens (tertiary/aromatic N) is 2. The first-order valence-corrected chi connectivity index (χ1v) is 6.99. The highest BCUT2D eigenvalue weighted by atomic mass is 19.5. The maximum absolute atomic E-state index is 9.75. The summed E-state index contributed by atoms with van der Waals surface area (Å²) in [7, 11) is -2.73. The zero-order chi connectivity index (χ0) is 18.9. The van der Waals surface area contributed by atoms with Crippen molar-refractivity contribution in [3.63, 3.8) is 0 Å². The molecule has 0 heterocycles. The molecular weight excluding hydrogens is 339 g/mol. The van der Waals surface area contributed by atoms with Crippen LogP contribution in [-0.2, 0) is 0 Å².